The zero-order valence-electron chi connectivity index (χ0n) is 17.8. The van der Waals surface area contributed by atoms with Crippen molar-refractivity contribution in [1.29, 1.82) is 0 Å². The molecule has 31 heavy (non-hydrogen) atoms. The van der Waals surface area contributed by atoms with Gasteiger partial charge in [-0.1, -0.05) is 23.4 Å². The number of pyridine rings is 1. The Balaban J connectivity index is 1.55. The van der Waals surface area contributed by atoms with Gasteiger partial charge in [-0.15, -0.1) is 5.10 Å². The summed E-state index contributed by atoms with van der Waals surface area (Å²) < 4.78 is 1.68. The number of aromatic amines is 1. The van der Waals surface area contributed by atoms with E-state index in [1.54, 1.807) is 10.7 Å². The van der Waals surface area contributed by atoms with Gasteiger partial charge in [0.05, 0.1) is 28.5 Å². The average molecular weight is 410 g/mol. The van der Waals surface area contributed by atoms with Crippen molar-refractivity contribution >= 4 is 28.0 Å². The van der Waals surface area contributed by atoms with Crippen molar-refractivity contribution in [1.82, 2.24) is 25.0 Å². The number of carbonyl (C=O) groups is 1. The average Bonchev–Trinajstić information content (AvgIpc) is 3.37. The fraction of sp³-hybridized carbons (Fsp3) is 0.167. The molecule has 0 saturated heterocycles. The van der Waals surface area contributed by atoms with Crippen LogP contribution in [0.15, 0.2) is 48.7 Å². The third-order valence-corrected chi connectivity index (χ3v) is 5.92. The molecule has 7 nitrogen and oxygen atoms in total. The molecule has 0 aliphatic heterocycles. The first-order valence-corrected chi connectivity index (χ1v) is 10.1. The number of amides is 1. The molecule has 5 aromatic rings. The van der Waals surface area contributed by atoms with Crippen molar-refractivity contribution in [3.63, 3.8) is 0 Å². The topological polar surface area (TPSA) is 88.0 Å². The molecule has 2 aromatic carbocycles. The van der Waals surface area contributed by atoms with E-state index in [4.69, 9.17) is 0 Å². The van der Waals surface area contributed by atoms with E-state index in [0.717, 1.165) is 38.9 Å². The molecule has 0 atom stereocenters. The van der Waals surface area contributed by atoms with Crippen molar-refractivity contribution in [3.05, 3.63) is 76.6 Å². The SMILES string of the molecule is Cc1cccc(-c2n[nH]c3ccc(NC(=O)c4c(C)cc5cnnn5c4C)cc23)c1C. The van der Waals surface area contributed by atoms with Crippen molar-refractivity contribution in [2.24, 2.45) is 0 Å². The highest BCUT2D eigenvalue weighted by atomic mass is 16.1. The third-order valence-electron chi connectivity index (χ3n) is 5.92. The summed E-state index contributed by atoms with van der Waals surface area (Å²) in [6, 6.07) is 13.9. The van der Waals surface area contributed by atoms with Gasteiger partial charge in [0.1, 0.15) is 5.69 Å². The summed E-state index contributed by atoms with van der Waals surface area (Å²) in [6.07, 6.45) is 1.68. The largest absolute Gasteiger partial charge is 0.322 e. The smallest absolute Gasteiger partial charge is 0.257 e. The van der Waals surface area contributed by atoms with Crippen LogP contribution in [0.5, 0.6) is 0 Å². The van der Waals surface area contributed by atoms with Crippen molar-refractivity contribution in [3.8, 4) is 11.3 Å². The predicted molar refractivity (Wildman–Crippen MR) is 121 cm³/mol. The first-order valence-electron chi connectivity index (χ1n) is 10.1. The standard InChI is InChI=1S/C24H22N6O/c1-13-6-5-7-19(15(13)3)23-20-11-17(8-9-21(20)27-28-23)26-24(31)22-14(2)10-18-12-25-29-30(18)16(22)4/h5-12H,1-4H3,(H,26,31)(H,27,28). The van der Waals surface area contributed by atoms with Crippen molar-refractivity contribution in [2.75, 3.05) is 5.32 Å². The molecular formula is C24H22N6O. The van der Waals surface area contributed by atoms with Gasteiger partial charge in [0.15, 0.2) is 0 Å². The Morgan fingerprint density at radius 2 is 1.87 bits per heavy atom. The number of fused-ring (bicyclic) bond motifs is 2. The Kier molecular flexibility index (Phi) is 4.32. The van der Waals surface area contributed by atoms with Gasteiger partial charge in [-0.3, -0.25) is 9.89 Å². The highest BCUT2D eigenvalue weighted by Gasteiger charge is 2.18. The minimum atomic E-state index is -0.177. The second kappa shape index (κ2) is 7.05. The van der Waals surface area contributed by atoms with E-state index in [1.165, 1.54) is 11.1 Å². The molecule has 0 spiro atoms. The number of hydrogen-bond donors (Lipinski definition) is 2. The maximum atomic E-state index is 13.2. The minimum Gasteiger partial charge on any atom is -0.322 e. The molecule has 3 aromatic heterocycles. The molecule has 0 unspecified atom stereocenters. The summed E-state index contributed by atoms with van der Waals surface area (Å²) in [6.45, 7) is 7.99. The van der Waals surface area contributed by atoms with Gasteiger partial charge < -0.3 is 5.32 Å². The van der Waals surface area contributed by atoms with Crippen LogP contribution in [0.4, 0.5) is 5.69 Å². The monoisotopic (exact) mass is 410 g/mol. The number of anilines is 1. The number of carbonyl (C=O) groups excluding carboxylic acids is 1. The number of nitrogens with zero attached hydrogens (tertiary/aromatic N) is 4. The van der Waals surface area contributed by atoms with Crippen LogP contribution in [0.25, 0.3) is 27.7 Å². The van der Waals surface area contributed by atoms with E-state index in [9.17, 15) is 4.79 Å². The molecule has 5 rings (SSSR count). The number of nitrogens with one attached hydrogen (secondary N) is 2. The predicted octanol–water partition coefficient (Wildman–Crippen LogP) is 4.76. The van der Waals surface area contributed by atoms with Crippen LogP contribution in [-0.4, -0.2) is 30.9 Å². The highest BCUT2D eigenvalue weighted by Crippen LogP contribution is 2.32. The van der Waals surface area contributed by atoms with Gasteiger partial charge in [0, 0.05) is 16.6 Å². The van der Waals surface area contributed by atoms with E-state index >= 15 is 0 Å². The summed E-state index contributed by atoms with van der Waals surface area (Å²) in [7, 11) is 0. The number of benzene rings is 2. The van der Waals surface area contributed by atoms with Crippen LogP contribution in [0.2, 0.25) is 0 Å². The summed E-state index contributed by atoms with van der Waals surface area (Å²) in [4.78, 5) is 13.2. The second-order valence-corrected chi connectivity index (χ2v) is 7.89. The minimum absolute atomic E-state index is 0.177. The summed E-state index contributed by atoms with van der Waals surface area (Å²) >= 11 is 0. The molecule has 0 aliphatic rings. The number of aromatic nitrogens is 5. The van der Waals surface area contributed by atoms with E-state index in [-0.39, 0.29) is 5.91 Å². The summed E-state index contributed by atoms with van der Waals surface area (Å²) in [5, 5.41) is 19.7. The lowest BCUT2D eigenvalue weighted by atomic mass is 9.99. The van der Waals surface area contributed by atoms with Crippen LogP contribution in [-0.2, 0) is 0 Å². The molecule has 0 radical (unpaired) electrons. The first-order chi connectivity index (χ1) is 14.9. The lowest BCUT2D eigenvalue weighted by Gasteiger charge is -2.12. The number of H-pyrrole nitrogens is 1. The molecule has 0 fully saturated rings. The van der Waals surface area contributed by atoms with Gasteiger partial charge >= 0.3 is 0 Å². The van der Waals surface area contributed by atoms with Crippen LogP contribution in [0.1, 0.15) is 32.7 Å². The Bertz CT molecular complexity index is 1480. The number of rotatable bonds is 3. The second-order valence-electron chi connectivity index (χ2n) is 7.89. The Labute approximate surface area is 179 Å². The van der Waals surface area contributed by atoms with E-state index in [2.05, 4.69) is 51.8 Å². The van der Waals surface area contributed by atoms with Gasteiger partial charge in [-0.05, 0) is 68.7 Å². The molecule has 154 valence electrons. The molecule has 0 bridgehead atoms. The molecule has 2 N–H and O–H groups in total. The van der Waals surface area contributed by atoms with Crippen LogP contribution < -0.4 is 5.32 Å². The fourth-order valence-electron chi connectivity index (χ4n) is 4.13. The number of hydrogen-bond acceptors (Lipinski definition) is 4. The lowest BCUT2D eigenvalue weighted by Crippen LogP contribution is -2.17. The maximum absolute atomic E-state index is 13.2. The van der Waals surface area contributed by atoms with Crippen LogP contribution in [0.3, 0.4) is 0 Å². The molecule has 0 aliphatic carbocycles. The molecular weight excluding hydrogens is 388 g/mol. The Morgan fingerprint density at radius 1 is 1.03 bits per heavy atom. The lowest BCUT2D eigenvalue weighted by molar-refractivity contribution is 0.102. The van der Waals surface area contributed by atoms with Crippen molar-refractivity contribution < 1.29 is 4.79 Å². The first kappa shape index (κ1) is 19.0. The Morgan fingerprint density at radius 3 is 2.71 bits per heavy atom. The molecule has 0 saturated carbocycles. The van der Waals surface area contributed by atoms with E-state index in [0.29, 0.717) is 11.3 Å². The summed E-state index contributed by atoms with van der Waals surface area (Å²) in [5.41, 5.74) is 9.10. The normalized spacial score (nSPS) is 11.4. The highest BCUT2D eigenvalue weighted by molar-refractivity contribution is 6.07. The van der Waals surface area contributed by atoms with Crippen LogP contribution in [0, 0.1) is 27.7 Å². The van der Waals surface area contributed by atoms with Crippen LogP contribution >= 0.6 is 0 Å². The summed E-state index contributed by atoms with van der Waals surface area (Å²) in [5.74, 6) is -0.177. The number of aryl methyl sites for hydroxylation is 3. The van der Waals surface area contributed by atoms with Gasteiger partial charge in [-0.2, -0.15) is 5.10 Å². The quantitative estimate of drug-likeness (QED) is 0.449. The van der Waals surface area contributed by atoms with Gasteiger partial charge in [0.25, 0.3) is 5.91 Å². The zero-order valence-corrected chi connectivity index (χ0v) is 17.8. The van der Waals surface area contributed by atoms with E-state index in [1.807, 2.05) is 44.2 Å². The third kappa shape index (κ3) is 3.06. The maximum Gasteiger partial charge on any atom is 0.257 e. The van der Waals surface area contributed by atoms with E-state index < -0.39 is 0 Å². The zero-order chi connectivity index (χ0) is 21.7. The molecule has 7 heteroatoms. The Hall–Kier alpha value is -4.00. The fourth-order valence-corrected chi connectivity index (χ4v) is 4.13. The van der Waals surface area contributed by atoms with Gasteiger partial charge in [0.2, 0.25) is 0 Å². The van der Waals surface area contributed by atoms with Gasteiger partial charge in [-0.25, -0.2) is 4.52 Å². The molecule has 3 heterocycles. The van der Waals surface area contributed by atoms with Crippen molar-refractivity contribution in [2.45, 2.75) is 27.7 Å². The molecule has 1 amide bonds.